The molecule has 1 unspecified atom stereocenters. The quantitative estimate of drug-likeness (QED) is 0.705. The minimum absolute atomic E-state index is 0.160. The number of nitrogens with one attached hydrogen (secondary N) is 1. The lowest BCUT2D eigenvalue weighted by Gasteiger charge is -2.30. The summed E-state index contributed by atoms with van der Waals surface area (Å²) < 4.78 is 37.1. The number of alkyl halides is 3. The fourth-order valence-corrected chi connectivity index (χ4v) is 1.47. The average Bonchev–Trinajstić information content (AvgIpc) is 2.19. The number of carboxylic acid groups (broad SMARTS) is 1. The first-order valence-electron chi connectivity index (χ1n) is 5.94. The van der Waals surface area contributed by atoms with Gasteiger partial charge in [-0.05, 0) is 26.8 Å². The maximum Gasteiger partial charge on any atom is 0.401 e. The van der Waals surface area contributed by atoms with Gasteiger partial charge >= 0.3 is 12.1 Å². The molecular formula is C11H21F3N2O2. The number of aliphatic carboxylic acids is 1. The maximum atomic E-state index is 12.4. The molecule has 0 rings (SSSR count). The first kappa shape index (κ1) is 17.2. The Morgan fingerprint density at radius 1 is 1.39 bits per heavy atom. The molecule has 1 atom stereocenters. The summed E-state index contributed by atoms with van der Waals surface area (Å²) >= 11 is 0. The van der Waals surface area contributed by atoms with Gasteiger partial charge in [0.25, 0.3) is 0 Å². The van der Waals surface area contributed by atoms with Crippen molar-refractivity contribution in [2.45, 2.75) is 45.5 Å². The van der Waals surface area contributed by atoms with Crippen molar-refractivity contribution in [3.8, 4) is 0 Å². The van der Waals surface area contributed by atoms with Crippen molar-refractivity contribution in [2.24, 2.45) is 0 Å². The highest BCUT2D eigenvalue weighted by Crippen LogP contribution is 2.18. The molecule has 0 aliphatic rings. The summed E-state index contributed by atoms with van der Waals surface area (Å²) in [5.41, 5.74) is 0. The lowest BCUT2D eigenvalue weighted by atomic mass is 10.2. The van der Waals surface area contributed by atoms with E-state index in [4.69, 9.17) is 5.11 Å². The number of nitrogens with zero attached hydrogens (tertiary/aromatic N) is 1. The van der Waals surface area contributed by atoms with E-state index in [0.29, 0.717) is 6.54 Å². The van der Waals surface area contributed by atoms with Gasteiger partial charge < -0.3 is 10.4 Å². The van der Waals surface area contributed by atoms with Gasteiger partial charge in [-0.2, -0.15) is 13.2 Å². The Kier molecular flexibility index (Phi) is 7.23. The summed E-state index contributed by atoms with van der Waals surface area (Å²) in [6, 6.07) is -1.34. The van der Waals surface area contributed by atoms with Crippen molar-refractivity contribution in [2.75, 3.05) is 19.6 Å². The molecule has 108 valence electrons. The smallest absolute Gasteiger partial charge is 0.401 e. The Morgan fingerprint density at radius 2 is 1.94 bits per heavy atom. The van der Waals surface area contributed by atoms with Crippen LogP contribution in [0.15, 0.2) is 0 Å². The molecule has 0 saturated heterocycles. The van der Waals surface area contributed by atoms with E-state index in [0.717, 1.165) is 11.3 Å². The minimum Gasteiger partial charge on any atom is -0.480 e. The predicted molar refractivity (Wildman–Crippen MR) is 62.5 cm³/mol. The molecule has 18 heavy (non-hydrogen) atoms. The second-order valence-electron chi connectivity index (χ2n) is 4.48. The average molecular weight is 270 g/mol. The van der Waals surface area contributed by atoms with Crippen LogP contribution in [0.25, 0.3) is 0 Å². The summed E-state index contributed by atoms with van der Waals surface area (Å²) in [6.45, 7) is 4.31. The van der Waals surface area contributed by atoms with Crippen molar-refractivity contribution in [3.63, 3.8) is 0 Å². The second-order valence-corrected chi connectivity index (χ2v) is 4.48. The van der Waals surface area contributed by atoms with Gasteiger partial charge in [-0.15, -0.1) is 0 Å². The Morgan fingerprint density at radius 3 is 2.28 bits per heavy atom. The third-order valence-corrected chi connectivity index (χ3v) is 2.47. The van der Waals surface area contributed by atoms with E-state index in [2.05, 4.69) is 5.32 Å². The minimum atomic E-state index is -4.32. The molecular weight excluding hydrogens is 249 g/mol. The zero-order valence-electron chi connectivity index (χ0n) is 10.9. The number of hydrogen-bond acceptors (Lipinski definition) is 3. The topological polar surface area (TPSA) is 52.6 Å². The standard InChI is InChI=1S/C11H21F3N2O2/c1-4-5-15-9(10(17)18)6-16(8(2)3)7-11(12,13)14/h8-9,15H,4-7H2,1-3H3,(H,17,18). The number of hydrogen-bond donors (Lipinski definition) is 2. The zero-order valence-corrected chi connectivity index (χ0v) is 10.9. The van der Waals surface area contributed by atoms with Crippen LogP contribution in [0.5, 0.6) is 0 Å². The van der Waals surface area contributed by atoms with Crippen LogP contribution in [0, 0.1) is 0 Å². The van der Waals surface area contributed by atoms with E-state index in [-0.39, 0.29) is 12.6 Å². The SMILES string of the molecule is CCCNC(CN(CC(F)(F)F)C(C)C)C(=O)O. The predicted octanol–water partition coefficient (Wildman–Crippen LogP) is 1.71. The molecule has 7 heteroatoms. The van der Waals surface area contributed by atoms with Gasteiger partial charge in [-0.3, -0.25) is 9.69 Å². The molecule has 4 nitrogen and oxygen atoms in total. The van der Waals surface area contributed by atoms with Gasteiger partial charge in [0.2, 0.25) is 0 Å². The molecule has 2 N–H and O–H groups in total. The van der Waals surface area contributed by atoms with Crippen LogP contribution >= 0.6 is 0 Å². The molecule has 0 aliphatic heterocycles. The molecule has 0 radical (unpaired) electrons. The van der Waals surface area contributed by atoms with Gasteiger partial charge in [-0.1, -0.05) is 6.92 Å². The van der Waals surface area contributed by atoms with Crippen LogP contribution in [-0.4, -0.2) is 53.9 Å². The fraction of sp³-hybridized carbons (Fsp3) is 0.909. The number of halogens is 3. The summed E-state index contributed by atoms with van der Waals surface area (Å²) in [7, 11) is 0. The Balaban J connectivity index is 4.56. The van der Waals surface area contributed by atoms with Crippen LogP contribution in [0.1, 0.15) is 27.2 Å². The van der Waals surface area contributed by atoms with Crippen LogP contribution < -0.4 is 5.32 Å². The normalized spacial score (nSPS) is 14.2. The molecule has 0 saturated carbocycles. The molecule has 0 amide bonds. The third kappa shape index (κ3) is 7.50. The van der Waals surface area contributed by atoms with Crippen molar-refractivity contribution in [3.05, 3.63) is 0 Å². The van der Waals surface area contributed by atoms with E-state index in [1.54, 1.807) is 13.8 Å². The van der Waals surface area contributed by atoms with E-state index in [1.165, 1.54) is 0 Å². The first-order valence-corrected chi connectivity index (χ1v) is 5.94. The Hall–Kier alpha value is -0.820. The van der Waals surface area contributed by atoms with E-state index in [1.807, 2.05) is 6.92 Å². The van der Waals surface area contributed by atoms with Gasteiger partial charge in [-0.25, -0.2) is 0 Å². The fourth-order valence-electron chi connectivity index (χ4n) is 1.47. The van der Waals surface area contributed by atoms with Gasteiger partial charge in [0.15, 0.2) is 0 Å². The van der Waals surface area contributed by atoms with Crippen molar-refractivity contribution in [1.82, 2.24) is 10.2 Å². The highest BCUT2D eigenvalue weighted by molar-refractivity contribution is 5.73. The van der Waals surface area contributed by atoms with Crippen molar-refractivity contribution in [1.29, 1.82) is 0 Å². The van der Waals surface area contributed by atoms with Crippen LogP contribution in [0.4, 0.5) is 13.2 Å². The second kappa shape index (κ2) is 7.58. The third-order valence-electron chi connectivity index (χ3n) is 2.47. The number of carbonyl (C=O) groups is 1. The van der Waals surface area contributed by atoms with Crippen LogP contribution in [-0.2, 0) is 4.79 Å². The largest absolute Gasteiger partial charge is 0.480 e. The molecule has 0 aliphatic carbocycles. The molecule has 0 spiro atoms. The summed E-state index contributed by atoms with van der Waals surface area (Å²) in [6.07, 6.45) is -3.59. The molecule has 0 aromatic rings. The van der Waals surface area contributed by atoms with E-state index in [9.17, 15) is 18.0 Å². The number of rotatable bonds is 8. The first-order chi connectivity index (χ1) is 8.17. The lowest BCUT2D eigenvalue weighted by molar-refractivity contribution is -0.154. The van der Waals surface area contributed by atoms with Gasteiger partial charge in [0.05, 0.1) is 6.54 Å². The molecule has 0 aromatic carbocycles. The monoisotopic (exact) mass is 270 g/mol. The maximum absolute atomic E-state index is 12.4. The van der Waals surface area contributed by atoms with Crippen molar-refractivity contribution < 1.29 is 23.1 Å². The highest BCUT2D eigenvalue weighted by atomic mass is 19.4. The summed E-state index contributed by atoms with van der Waals surface area (Å²) in [5, 5.41) is 11.7. The zero-order chi connectivity index (χ0) is 14.3. The summed E-state index contributed by atoms with van der Waals surface area (Å²) in [5.74, 6) is -1.13. The highest BCUT2D eigenvalue weighted by Gasteiger charge is 2.33. The lowest BCUT2D eigenvalue weighted by Crippen LogP contribution is -2.50. The van der Waals surface area contributed by atoms with E-state index < -0.39 is 24.7 Å². The Labute approximate surface area is 105 Å². The van der Waals surface area contributed by atoms with Crippen LogP contribution in [0.3, 0.4) is 0 Å². The molecule has 0 heterocycles. The molecule has 0 fully saturated rings. The van der Waals surface area contributed by atoms with Gasteiger partial charge in [0, 0.05) is 12.6 Å². The number of carboxylic acids is 1. The van der Waals surface area contributed by atoms with Crippen molar-refractivity contribution >= 4 is 5.97 Å². The van der Waals surface area contributed by atoms with Crippen LogP contribution in [0.2, 0.25) is 0 Å². The van der Waals surface area contributed by atoms with E-state index >= 15 is 0 Å². The molecule has 0 bridgehead atoms. The molecule has 0 aromatic heterocycles. The van der Waals surface area contributed by atoms with Gasteiger partial charge in [0.1, 0.15) is 6.04 Å². The summed E-state index contributed by atoms with van der Waals surface area (Å²) in [4.78, 5) is 12.1. The Bertz CT molecular complexity index is 257.